The highest BCUT2D eigenvalue weighted by molar-refractivity contribution is 6.74. The molecule has 3 unspecified atom stereocenters. The monoisotopic (exact) mass is 522 g/mol. The highest BCUT2D eigenvalue weighted by Gasteiger charge is 2.85. The number of allylic oxidation sites excluding steroid dienone is 6. The molecule has 0 bridgehead atoms. The van der Waals surface area contributed by atoms with E-state index in [1.165, 1.54) is 30.4 Å². The summed E-state index contributed by atoms with van der Waals surface area (Å²) >= 11 is 57.7. The van der Waals surface area contributed by atoms with Gasteiger partial charge in [-0.1, -0.05) is 99.4 Å². The van der Waals surface area contributed by atoms with Crippen LogP contribution in [-0.2, 0) is 0 Å². The van der Waals surface area contributed by atoms with Gasteiger partial charge in [-0.05, 0) is 17.7 Å². The van der Waals surface area contributed by atoms with E-state index in [1.54, 1.807) is 0 Å². The fourth-order valence-corrected chi connectivity index (χ4v) is 6.81. The van der Waals surface area contributed by atoms with Crippen LogP contribution in [0.2, 0.25) is 0 Å². The molecule has 0 saturated heterocycles. The van der Waals surface area contributed by atoms with Crippen LogP contribution in [0.25, 0.3) is 0 Å². The molecule has 0 aromatic rings. The maximum Gasteiger partial charge on any atom is 0.200 e. The summed E-state index contributed by atoms with van der Waals surface area (Å²) in [6, 6.07) is 0. The second kappa shape index (κ2) is 5.69. The molecule has 11 heteroatoms. The van der Waals surface area contributed by atoms with Gasteiger partial charge in [0.2, 0.25) is 0 Å². The summed E-state index contributed by atoms with van der Waals surface area (Å²) in [4.78, 5) is -3.91. The smallest absolute Gasteiger partial charge is 0.200 e. The minimum atomic E-state index is -2.59. The Kier molecular flexibility index (Phi) is 4.79. The number of alkyl halides is 9. The molecule has 1 fully saturated rings. The van der Waals surface area contributed by atoms with Gasteiger partial charge in [-0.3, -0.25) is 0 Å². The summed E-state index contributed by atoms with van der Waals surface area (Å²) < 4.78 is -7.34. The van der Waals surface area contributed by atoms with Crippen LogP contribution in [0.1, 0.15) is 0 Å². The Hall–Kier alpha value is 1.33. The first-order chi connectivity index (χ1) is 11.1. The van der Waals surface area contributed by atoms with Gasteiger partial charge < -0.3 is 10.2 Å². The summed E-state index contributed by atoms with van der Waals surface area (Å²) in [6.07, 6.45) is 6.89. The van der Waals surface area contributed by atoms with Crippen molar-refractivity contribution in [2.75, 3.05) is 0 Å². The lowest BCUT2D eigenvalue weighted by Gasteiger charge is -2.63. The van der Waals surface area contributed by atoms with Gasteiger partial charge in [0.25, 0.3) is 0 Å². The van der Waals surface area contributed by atoms with Crippen LogP contribution in [0.4, 0.5) is 0 Å². The number of hydrogen-bond acceptors (Lipinski definition) is 2. The lowest BCUT2D eigenvalue weighted by atomic mass is 9.65. The molecule has 2 nitrogen and oxygen atoms in total. The molecule has 1 saturated carbocycles. The molecule has 0 aromatic heterocycles. The minimum absolute atomic E-state index is 0.223. The molecular weight excluding hydrogens is 519 g/mol. The van der Waals surface area contributed by atoms with Gasteiger partial charge in [-0.2, -0.15) is 0 Å². The summed E-state index contributed by atoms with van der Waals surface area (Å²) in [5, 5.41) is 18.2. The van der Waals surface area contributed by atoms with Gasteiger partial charge >= 0.3 is 0 Å². The van der Waals surface area contributed by atoms with Crippen molar-refractivity contribution in [3.8, 4) is 0 Å². The Morgan fingerprint density at radius 1 is 0.720 bits per heavy atom. The number of hydrogen-bond donors (Lipinski definition) is 2. The third-order valence-corrected chi connectivity index (χ3v) is 11.0. The van der Waals surface area contributed by atoms with E-state index in [-0.39, 0.29) is 11.3 Å². The topological polar surface area (TPSA) is 40.5 Å². The van der Waals surface area contributed by atoms with Crippen molar-refractivity contribution in [1.29, 1.82) is 0 Å². The molecule has 3 aliphatic rings. The minimum Gasteiger partial charge on any atom is -0.508 e. The number of aliphatic hydroxyl groups excluding tert-OH is 1. The third kappa shape index (κ3) is 2.19. The maximum absolute atomic E-state index is 10.9. The van der Waals surface area contributed by atoms with Crippen molar-refractivity contribution in [2.45, 2.75) is 27.8 Å². The van der Waals surface area contributed by atoms with Crippen LogP contribution in [0.5, 0.6) is 0 Å². The predicted molar refractivity (Wildman–Crippen MR) is 107 cm³/mol. The first kappa shape index (κ1) is 21.0. The molecule has 2 N–H and O–H groups in total. The fourth-order valence-electron chi connectivity index (χ4n) is 3.12. The highest BCUT2D eigenvalue weighted by Crippen LogP contribution is 2.75. The second-order valence-electron chi connectivity index (χ2n) is 5.82. The number of fused-ring (bicyclic) bond motifs is 3. The van der Waals surface area contributed by atoms with E-state index in [0.29, 0.717) is 5.57 Å². The molecule has 0 amide bonds. The second-order valence-corrected chi connectivity index (χ2v) is 11.5. The predicted octanol–water partition coefficient (Wildman–Crippen LogP) is 6.28. The third-order valence-electron chi connectivity index (χ3n) is 4.50. The molecule has 0 spiro atoms. The Morgan fingerprint density at radius 2 is 1.28 bits per heavy atom. The standard InChI is InChI=1S/C14H7Cl9O2/c15-9-5-7(24)3-1-6(9)2-4-8-10(9,16)12(18,19)14(22,23)13(20,21)11(8,17)25/h1-5,24-25H. The lowest BCUT2D eigenvalue weighted by molar-refractivity contribution is 0.100. The van der Waals surface area contributed by atoms with Gasteiger partial charge in [0, 0.05) is 5.57 Å². The number of halogens is 9. The average molecular weight is 526 g/mol. The SMILES string of the molecule is OC1=CC2(Cl)C(=CC=C3C(O)(Cl)C(Cl)(Cl)C(Cl)(Cl)C(Cl)(Cl)C32Cl)C=C1. The van der Waals surface area contributed by atoms with Crippen molar-refractivity contribution in [1.82, 2.24) is 0 Å². The van der Waals surface area contributed by atoms with Crippen LogP contribution < -0.4 is 0 Å². The van der Waals surface area contributed by atoms with Gasteiger partial charge in [0.1, 0.15) is 15.5 Å². The average Bonchev–Trinajstić information content (AvgIpc) is 2.46. The first-order valence-corrected chi connectivity index (χ1v) is 9.95. The van der Waals surface area contributed by atoms with Crippen LogP contribution in [0.15, 0.2) is 47.3 Å². The summed E-state index contributed by atoms with van der Waals surface area (Å²) in [5.41, 5.74) is 0.165. The molecule has 25 heavy (non-hydrogen) atoms. The zero-order valence-electron chi connectivity index (χ0n) is 11.7. The molecular formula is C14H7Cl9O2. The molecule has 0 aromatic carbocycles. The molecule has 3 rings (SSSR count). The van der Waals surface area contributed by atoms with Crippen LogP contribution in [0.3, 0.4) is 0 Å². The van der Waals surface area contributed by atoms with Crippen LogP contribution in [0, 0.1) is 0 Å². The van der Waals surface area contributed by atoms with E-state index < -0.39 is 27.8 Å². The largest absolute Gasteiger partial charge is 0.508 e. The van der Waals surface area contributed by atoms with E-state index in [2.05, 4.69) is 0 Å². The molecule has 0 heterocycles. The van der Waals surface area contributed by atoms with E-state index in [9.17, 15) is 10.2 Å². The van der Waals surface area contributed by atoms with Crippen molar-refractivity contribution in [3.63, 3.8) is 0 Å². The normalized spacial score (nSPS) is 43.4. The Morgan fingerprint density at radius 3 is 1.84 bits per heavy atom. The van der Waals surface area contributed by atoms with E-state index in [4.69, 9.17) is 104 Å². The van der Waals surface area contributed by atoms with E-state index in [1.807, 2.05) is 0 Å². The molecule has 3 atom stereocenters. The zero-order chi connectivity index (χ0) is 19.3. The molecule has 0 radical (unpaired) electrons. The lowest BCUT2D eigenvalue weighted by Crippen LogP contribution is -2.78. The quantitative estimate of drug-likeness (QED) is 0.365. The van der Waals surface area contributed by atoms with Crippen molar-refractivity contribution in [3.05, 3.63) is 47.3 Å². The van der Waals surface area contributed by atoms with Crippen LogP contribution in [-0.4, -0.2) is 38.0 Å². The van der Waals surface area contributed by atoms with Gasteiger partial charge in [-0.25, -0.2) is 0 Å². The molecule has 138 valence electrons. The van der Waals surface area contributed by atoms with Crippen molar-refractivity contribution >= 4 is 104 Å². The van der Waals surface area contributed by atoms with Crippen molar-refractivity contribution < 1.29 is 10.2 Å². The van der Waals surface area contributed by atoms with Crippen molar-refractivity contribution in [2.24, 2.45) is 0 Å². The van der Waals surface area contributed by atoms with Gasteiger partial charge in [0.15, 0.2) is 18.1 Å². The Bertz CT molecular complexity index is 777. The fraction of sp³-hybridized carbons (Fsp3) is 0.429. The van der Waals surface area contributed by atoms with Gasteiger partial charge in [0.05, 0.1) is 0 Å². The van der Waals surface area contributed by atoms with Gasteiger partial charge in [-0.15, -0.1) is 23.2 Å². The Labute approximate surface area is 188 Å². The Balaban J connectivity index is 2.44. The highest BCUT2D eigenvalue weighted by atomic mass is 35.5. The summed E-state index contributed by atoms with van der Waals surface area (Å²) in [7, 11) is 0. The first-order valence-electron chi connectivity index (χ1n) is 6.55. The van der Waals surface area contributed by atoms with Crippen LogP contribution >= 0.6 is 104 Å². The van der Waals surface area contributed by atoms with E-state index in [0.717, 1.165) is 0 Å². The molecule has 3 aliphatic carbocycles. The number of rotatable bonds is 0. The van der Waals surface area contributed by atoms with E-state index >= 15 is 0 Å². The summed E-state index contributed by atoms with van der Waals surface area (Å²) in [6.45, 7) is 0. The molecule has 0 aliphatic heterocycles. The number of aliphatic hydroxyl groups is 2. The maximum atomic E-state index is 10.9. The summed E-state index contributed by atoms with van der Waals surface area (Å²) in [5.74, 6) is -0.223. The zero-order valence-corrected chi connectivity index (χ0v) is 18.5.